The van der Waals surface area contributed by atoms with Gasteiger partial charge in [-0.15, -0.1) is 0 Å². The minimum Gasteiger partial charge on any atom is -0.352 e. The number of hydrogen-bond acceptors (Lipinski definition) is 2. The number of carbonyl (C=O) groups is 2. The van der Waals surface area contributed by atoms with E-state index in [2.05, 4.69) is 31.0 Å². The Kier molecular flexibility index (Phi) is 5.37. The van der Waals surface area contributed by atoms with Crippen LogP contribution < -0.4 is 5.32 Å². The van der Waals surface area contributed by atoms with Crippen molar-refractivity contribution in [3.8, 4) is 0 Å². The number of likely N-dealkylation sites (tertiary alicyclic amines) is 1. The van der Waals surface area contributed by atoms with Crippen LogP contribution in [0.2, 0.25) is 0 Å². The van der Waals surface area contributed by atoms with Crippen LogP contribution in [-0.4, -0.2) is 29.3 Å². The number of rotatable bonds is 5. The van der Waals surface area contributed by atoms with Crippen molar-refractivity contribution in [3.05, 3.63) is 35.4 Å². The lowest BCUT2D eigenvalue weighted by molar-refractivity contribution is -0.129. The second-order valence-corrected chi connectivity index (χ2v) is 10.8. The van der Waals surface area contributed by atoms with Crippen LogP contribution in [0.25, 0.3) is 0 Å². The van der Waals surface area contributed by atoms with Gasteiger partial charge in [-0.05, 0) is 54.2 Å². The van der Waals surface area contributed by atoms with Crippen molar-refractivity contribution in [2.75, 3.05) is 6.54 Å². The standard InChI is InChI=1S/C24H36N2O2/c1-7-23(4,5)21(28)25-14-17-8-10-18(11-9-17)20(27)26-16-24(6)13-19(26)12-22(2,3)15-24/h8-11,19H,7,12-16H2,1-6H3,(H,25,28). The van der Waals surface area contributed by atoms with Gasteiger partial charge < -0.3 is 10.2 Å². The number of benzene rings is 1. The molecule has 1 aromatic carbocycles. The molecule has 2 atom stereocenters. The average molecular weight is 385 g/mol. The Balaban J connectivity index is 1.64. The highest BCUT2D eigenvalue weighted by atomic mass is 16.2. The molecule has 1 N–H and O–H groups in total. The minimum absolute atomic E-state index is 0.0651. The Morgan fingerprint density at radius 3 is 2.39 bits per heavy atom. The number of amides is 2. The molecule has 2 aliphatic rings. The summed E-state index contributed by atoms with van der Waals surface area (Å²) in [4.78, 5) is 27.5. The average Bonchev–Trinajstić information content (AvgIpc) is 2.88. The van der Waals surface area contributed by atoms with Gasteiger partial charge in [0.25, 0.3) is 5.91 Å². The van der Waals surface area contributed by atoms with Crippen molar-refractivity contribution in [1.29, 1.82) is 0 Å². The first-order valence-corrected chi connectivity index (χ1v) is 10.6. The summed E-state index contributed by atoms with van der Waals surface area (Å²) in [6.07, 6.45) is 4.21. The molecule has 4 nitrogen and oxygen atoms in total. The van der Waals surface area contributed by atoms with Gasteiger partial charge >= 0.3 is 0 Å². The third kappa shape index (κ3) is 4.26. The van der Waals surface area contributed by atoms with Gasteiger partial charge in [-0.1, -0.05) is 53.7 Å². The molecule has 154 valence electrons. The monoisotopic (exact) mass is 384 g/mol. The second kappa shape index (κ2) is 7.20. The van der Waals surface area contributed by atoms with Crippen LogP contribution in [0, 0.1) is 16.2 Å². The highest BCUT2D eigenvalue weighted by molar-refractivity contribution is 5.94. The third-order valence-electron chi connectivity index (χ3n) is 6.83. The van der Waals surface area contributed by atoms with E-state index in [1.54, 1.807) is 0 Å². The molecule has 0 radical (unpaired) electrons. The normalized spacial score (nSPS) is 26.2. The molecule has 4 heteroatoms. The van der Waals surface area contributed by atoms with Crippen molar-refractivity contribution in [3.63, 3.8) is 0 Å². The number of nitrogens with zero attached hydrogens (tertiary/aromatic N) is 1. The van der Waals surface area contributed by atoms with Crippen LogP contribution in [0.5, 0.6) is 0 Å². The fourth-order valence-electron chi connectivity index (χ4n) is 5.21. The molecule has 1 aromatic rings. The molecule has 3 rings (SSSR count). The number of carbonyl (C=O) groups excluding carboxylic acids is 2. The molecule has 2 bridgehead atoms. The molecule has 1 saturated heterocycles. The van der Waals surface area contributed by atoms with Crippen LogP contribution in [0.15, 0.2) is 24.3 Å². The molecule has 0 spiro atoms. The van der Waals surface area contributed by atoms with E-state index in [1.807, 2.05) is 45.0 Å². The predicted molar refractivity (Wildman–Crippen MR) is 113 cm³/mol. The van der Waals surface area contributed by atoms with Crippen molar-refractivity contribution in [1.82, 2.24) is 10.2 Å². The van der Waals surface area contributed by atoms with E-state index in [-0.39, 0.29) is 22.6 Å². The van der Waals surface area contributed by atoms with E-state index in [4.69, 9.17) is 0 Å². The maximum Gasteiger partial charge on any atom is 0.254 e. The highest BCUT2D eigenvalue weighted by Crippen LogP contribution is 2.52. The van der Waals surface area contributed by atoms with Crippen LogP contribution >= 0.6 is 0 Å². The Morgan fingerprint density at radius 1 is 1.14 bits per heavy atom. The van der Waals surface area contributed by atoms with Gasteiger partial charge in [-0.3, -0.25) is 9.59 Å². The highest BCUT2D eigenvalue weighted by Gasteiger charge is 2.50. The Hall–Kier alpha value is -1.84. The second-order valence-electron chi connectivity index (χ2n) is 10.8. The lowest BCUT2D eigenvalue weighted by Crippen LogP contribution is -2.37. The van der Waals surface area contributed by atoms with Gasteiger partial charge in [0.05, 0.1) is 0 Å². The molecule has 2 fully saturated rings. The van der Waals surface area contributed by atoms with Crippen LogP contribution in [0.4, 0.5) is 0 Å². The van der Waals surface area contributed by atoms with Crippen molar-refractivity contribution >= 4 is 11.8 Å². The maximum absolute atomic E-state index is 13.1. The number of fused-ring (bicyclic) bond motifs is 2. The van der Waals surface area contributed by atoms with Gasteiger partial charge in [-0.25, -0.2) is 0 Å². The van der Waals surface area contributed by atoms with E-state index in [9.17, 15) is 9.59 Å². The van der Waals surface area contributed by atoms with Crippen LogP contribution in [0.3, 0.4) is 0 Å². The summed E-state index contributed by atoms with van der Waals surface area (Å²) in [7, 11) is 0. The fourth-order valence-corrected chi connectivity index (χ4v) is 5.21. The van der Waals surface area contributed by atoms with E-state index >= 15 is 0 Å². The van der Waals surface area contributed by atoms with E-state index in [0.717, 1.165) is 36.9 Å². The van der Waals surface area contributed by atoms with Crippen LogP contribution in [-0.2, 0) is 11.3 Å². The van der Waals surface area contributed by atoms with Crippen molar-refractivity contribution < 1.29 is 9.59 Å². The smallest absolute Gasteiger partial charge is 0.254 e. The van der Waals surface area contributed by atoms with Gasteiger partial charge in [0.15, 0.2) is 0 Å². The molecule has 28 heavy (non-hydrogen) atoms. The molecule has 2 unspecified atom stereocenters. The summed E-state index contributed by atoms with van der Waals surface area (Å²) in [6.45, 7) is 14.3. The fraction of sp³-hybridized carbons (Fsp3) is 0.667. The summed E-state index contributed by atoms with van der Waals surface area (Å²) in [6, 6.07) is 8.09. The molecule has 1 saturated carbocycles. The number of nitrogens with one attached hydrogen (secondary N) is 1. The summed E-state index contributed by atoms with van der Waals surface area (Å²) in [5.74, 6) is 0.212. The summed E-state index contributed by atoms with van der Waals surface area (Å²) >= 11 is 0. The maximum atomic E-state index is 13.1. The minimum atomic E-state index is -0.354. The van der Waals surface area contributed by atoms with Crippen molar-refractivity contribution in [2.24, 2.45) is 16.2 Å². The first-order valence-electron chi connectivity index (χ1n) is 10.6. The molecular formula is C24H36N2O2. The lowest BCUT2D eigenvalue weighted by atomic mass is 9.65. The van der Waals surface area contributed by atoms with Crippen LogP contribution in [0.1, 0.15) is 83.1 Å². The predicted octanol–water partition coefficient (Wildman–Crippen LogP) is 4.78. The summed E-state index contributed by atoms with van der Waals surface area (Å²) in [5, 5.41) is 3.00. The van der Waals surface area contributed by atoms with Gasteiger partial charge in [0, 0.05) is 30.1 Å². The Morgan fingerprint density at radius 2 is 1.79 bits per heavy atom. The zero-order valence-electron chi connectivity index (χ0n) is 18.4. The first kappa shape index (κ1) is 20.9. The molecule has 2 amide bonds. The molecule has 1 aliphatic carbocycles. The van der Waals surface area contributed by atoms with E-state index in [0.29, 0.717) is 18.0 Å². The Bertz CT molecular complexity index is 750. The third-order valence-corrected chi connectivity index (χ3v) is 6.83. The largest absolute Gasteiger partial charge is 0.352 e. The molecule has 1 aliphatic heterocycles. The zero-order chi connectivity index (χ0) is 20.7. The summed E-state index contributed by atoms with van der Waals surface area (Å²) < 4.78 is 0. The van der Waals surface area contributed by atoms with Gasteiger partial charge in [0.2, 0.25) is 5.91 Å². The molecule has 0 aromatic heterocycles. The topological polar surface area (TPSA) is 49.4 Å². The lowest BCUT2D eigenvalue weighted by Gasteiger charge is -2.39. The SMILES string of the molecule is CCC(C)(C)C(=O)NCc1ccc(C(=O)N2CC3(C)CC2CC(C)(C)C3)cc1. The molecular weight excluding hydrogens is 348 g/mol. The quantitative estimate of drug-likeness (QED) is 0.794. The van der Waals surface area contributed by atoms with E-state index in [1.165, 1.54) is 6.42 Å². The molecule has 1 heterocycles. The van der Waals surface area contributed by atoms with E-state index < -0.39 is 0 Å². The zero-order valence-corrected chi connectivity index (χ0v) is 18.4. The summed E-state index contributed by atoms with van der Waals surface area (Å²) in [5.41, 5.74) is 1.97. The first-order chi connectivity index (χ1) is 12.9. The van der Waals surface area contributed by atoms with Gasteiger partial charge in [0.1, 0.15) is 0 Å². The Labute approximate surface area is 170 Å². The van der Waals surface area contributed by atoms with Crippen molar-refractivity contribution in [2.45, 2.75) is 79.8 Å². The van der Waals surface area contributed by atoms with Gasteiger partial charge in [-0.2, -0.15) is 0 Å². The number of hydrogen-bond donors (Lipinski definition) is 1.